The third kappa shape index (κ3) is 4.04. The Morgan fingerprint density at radius 2 is 1.94 bits per heavy atom. The molecule has 0 aliphatic carbocycles. The minimum Gasteiger partial charge on any atom is -0.454 e. The molecule has 4 aromatic rings. The summed E-state index contributed by atoms with van der Waals surface area (Å²) < 4.78 is 10.9. The molecule has 0 amide bonds. The fourth-order valence-corrected chi connectivity index (χ4v) is 4.38. The Balaban J connectivity index is 1.36. The standard InChI is InChI=1S/C23H22N4O3S/c1-14(2)27(11-21-25-18-6-4-3-5-17(18)22(28)26-21)10-16-12-31-23(24-16)15-7-8-19-20(9-15)30-13-29-19/h3-9,12,14H,10-11,13H2,1-2H3,(H,25,26,28). The van der Waals surface area contributed by atoms with E-state index in [0.717, 1.165) is 27.8 Å². The molecular weight excluding hydrogens is 412 g/mol. The van der Waals surface area contributed by atoms with E-state index in [4.69, 9.17) is 14.5 Å². The van der Waals surface area contributed by atoms with Crippen molar-refractivity contribution in [1.29, 1.82) is 0 Å². The van der Waals surface area contributed by atoms with Crippen molar-refractivity contribution in [3.8, 4) is 22.1 Å². The number of benzene rings is 2. The van der Waals surface area contributed by atoms with E-state index in [2.05, 4.69) is 34.1 Å². The molecule has 0 fully saturated rings. The van der Waals surface area contributed by atoms with Crippen molar-refractivity contribution in [2.75, 3.05) is 6.79 Å². The molecule has 7 nitrogen and oxygen atoms in total. The second-order valence-corrected chi connectivity index (χ2v) is 8.60. The molecule has 5 rings (SSSR count). The maximum Gasteiger partial charge on any atom is 0.258 e. The summed E-state index contributed by atoms with van der Waals surface area (Å²) in [7, 11) is 0. The molecule has 0 bridgehead atoms. The Hall–Kier alpha value is -3.23. The number of H-pyrrole nitrogens is 1. The Morgan fingerprint density at radius 3 is 2.81 bits per heavy atom. The largest absolute Gasteiger partial charge is 0.454 e. The third-order valence-corrected chi connectivity index (χ3v) is 6.22. The van der Waals surface area contributed by atoms with Crippen LogP contribution in [0.5, 0.6) is 11.5 Å². The van der Waals surface area contributed by atoms with Crippen molar-refractivity contribution in [1.82, 2.24) is 19.9 Å². The van der Waals surface area contributed by atoms with Crippen LogP contribution in [0.2, 0.25) is 0 Å². The van der Waals surface area contributed by atoms with Crippen LogP contribution in [0.15, 0.2) is 52.6 Å². The van der Waals surface area contributed by atoms with Gasteiger partial charge in [-0.2, -0.15) is 0 Å². The number of aromatic amines is 1. The molecule has 0 saturated carbocycles. The van der Waals surface area contributed by atoms with Gasteiger partial charge in [-0.1, -0.05) is 12.1 Å². The second-order valence-electron chi connectivity index (χ2n) is 7.74. The minimum absolute atomic E-state index is 0.108. The zero-order valence-electron chi connectivity index (χ0n) is 17.3. The molecule has 0 unspecified atom stereocenters. The average molecular weight is 435 g/mol. The smallest absolute Gasteiger partial charge is 0.258 e. The molecule has 1 N–H and O–H groups in total. The quantitative estimate of drug-likeness (QED) is 0.490. The van der Waals surface area contributed by atoms with Gasteiger partial charge in [0.25, 0.3) is 5.56 Å². The number of fused-ring (bicyclic) bond motifs is 2. The number of hydrogen-bond acceptors (Lipinski definition) is 7. The lowest BCUT2D eigenvalue weighted by atomic mass is 10.2. The summed E-state index contributed by atoms with van der Waals surface area (Å²) >= 11 is 1.60. The van der Waals surface area contributed by atoms with Gasteiger partial charge < -0.3 is 14.5 Å². The maximum atomic E-state index is 12.4. The Bertz CT molecular complexity index is 1300. The van der Waals surface area contributed by atoms with Crippen LogP contribution < -0.4 is 15.0 Å². The summed E-state index contributed by atoms with van der Waals surface area (Å²) in [5, 5.41) is 3.62. The van der Waals surface area contributed by atoms with E-state index < -0.39 is 0 Å². The van der Waals surface area contributed by atoms with Crippen LogP contribution in [0.4, 0.5) is 0 Å². The van der Waals surface area contributed by atoms with Crippen molar-refractivity contribution in [2.45, 2.75) is 33.0 Å². The number of rotatable bonds is 6. The highest BCUT2D eigenvalue weighted by Gasteiger charge is 2.18. The summed E-state index contributed by atoms with van der Waals surface area (Å²) in [5.41, 5.74) is 2.60. The lowest BCUT2D eigenvalue weighted by molar-refractivity contribution is 0.174. The monoisotopic (exact) mass is 434 g/mol. The highest BCUT2D eigenvalue weighted by Crippen LogP contribution is 2.36. The first-order chi connectivity index (χ1) is 15.1. The van der Waals surface area contributed by atoms with Gasteiger partial charge in [-0.3, -0.25) is 9.69 Å². The lowest BCUT2D eigenvalue weighted by Crippen LogP contribution is -2.31. The van der Waals surface area contributed by atoms with Gasteiger partial charge >= 0.3 is 0 Å². The molecule has 3 heterocycles. The van der Waals surface area contributed by atoms with E-state index in [1.54, 1.807) is 17.4 Å². The molecule has 8 heteroatoms. The number of ether oxygens (including phenoxy) is 2. The average Bonchev–Trinajstić information content (AvgIpc) is 3.42. The topological polar surface area (TPSA) is 80.3 Å². The Morgan fingerprint density at radius 1 is 1.10 bits per heavy atom. The molecule has 0 spiro atoms. The van der Waals surface area contributed by atoms with Crippen LogP contribution in [-0.2, 0) is 13.1 Å². The fraction of sp³-hybridized carbons (Fsp3) is 0.261. The van der Waals surface area contributed by atoms with Crippen LogP contribution in [0, 0.1) is 0 Å². The number of hydrogen-bond donors (Lipinski definition) is 1. The van der Waals surface area contributed by atoms with Crippen LogP contribution in [0.1, 0.15) is 25.4 Å². The lowest BCUT2D eigenvalue weighted by Gasteiger charge is -2.25. The van der Waals surface area contributed by atoms with Gasteiger partial charge in [-0.25, -0.2) is 9.97 Å². The third-order valence-electron chi connectivity index (χ3n) is 5.28. The van der Waals surface area contributed by atoms with E-state index >= 15 is 0 Å². The van der Waals surface area contributed by atoms with Crippen molar-refractivity contribution in [3.05, 3.63) is 69.7 Å². The zero-order chi connectivity index (χ0) is 21.4. The van der Waals surface area contributed by atoms with Crippen molar-refractivity contribution < 1.29 is 9.47 Å². The van der Waals surface area contributed by atoms with E-state index in [1.165, 1.54) is 0 Å². The predicted octanol–water partition coefficient (Wildman–Crippen LogP) is 4.19. The van der Waals surface area contributed by atoms with E-state index in [-0.39, 0.29) is 18.4 Å². The summed E-state index contributed by atoms with van der Waals surface area (Å²) in [6.45, 7) is 5.72. The first-order valence-corrected chi connectivity index (χ1v) is 11.0. The summed E-state index contributed by atoms with van der Waals surface area (Å²) in [5.74, 6) is 2.18. The van der Waals surface area contributed by atoms with Gasteiger partial charge in [0.15, 0.2) is 11.5 Å². The van der Waals surface area contributed by atoms with Gasteiger partial charge in [0, 0.05) is 23.5 Å². The number of nitrogens with zero attached hydrogens (tertiary/aromatic N) is 3. The number of aromatic nitrogens is 3. The molecular formula is C23H22N4O3S. The fourth-order valence-electron chi connectivity index (χ4n) is 3.57. The summed E-state index contributed by atoms with van der Waals surface area (Å²) in [6, 6.07) is 13.5. The first-order valence-electron chi connectivity index (χ1n) is 10.1. The number of nitrogens with one attached hydrogen (secondary N) is 1. The Kier molecular flexibility index (Phi) is 5.17. The van der Waals surface area contributed by atoms with Crippen molar-refractivity contribution in [3.63, 3.8) is 0 Å². The van der Waals surface area contributed by atoms with Gasteiger partial charge in [-0.15, -0.1) is 11.3 Å². The molecule has 0 radical (unpaired) electrons. The molecule has 1 aliphatic rings. The van der Waals surface area contributed by atoms with Crippen LogP contribution in [-0.4, -0.2) is 32.7 Å². The van der Waals surface area contributed by atoms with Crippen LogP contribution >= 0.6 is 11.3 Å². The number of para-hydroxylation sites is 1. The predicted molar refractivity (Wildman–Crippen MR) is 120 cm³/mol. The Labute approximate surface area is 183 Å². The van der Waals surface area contributed by atoms with E-state index in [0.29, 0.717) is 29.8 Å². The molecule has 0 atom stereocenters. The van der Waals surface area contributed by atoms with Gasteiger partial charge in [0.05, 0.1) is 23.1 Å². The number of thiazole rings is 1. The molecule has 2 aromatic carbocycles. The van der Waals surface area contributed by atoms with Gasteiger partial charge in [0.2, 0.25) is 6.79 Å². The molecule has 1 aliphatic heterocycles. The highest BCUT2D eigenvalue weighted by molar-refractivity contribution is 7.13. The van der Waals surface area contributed by atoms with Gasteiger partial charge in [0.1, 0.15) is 10.8 Å². The summed E-state index contributed by atoms with van der Waals surface area (Å²) in [6.07, 6.45) is 0. The first kappa shape index (κ1) is 19.7. The second kappa shape index (κ2) is 8.13. The van der Waals surface area contributed by atoms with Crippen LogP contribution in [0.3, 0.4) is 0 Å². The van der Waals surface area contributed by atoms with Gasteiger partial charge in [-0.05, 0) is 44.2 Å². The minimum atomic E-state index is -0.108. The highest BCUT2D eigenvalue weighted by atomic mass is 32.1. The molecule has 0 saturated heterocycles. The SMILES string of the molecule is CC(C)N(Cc1csc(-c2ccc3c(c2)OCO3)n1)Cc1nc2ccccc2c(=O)[nH]1. The normalized spacial score (nSPS) is 12.9. The molecule has 2 aromatic heterocycles. The van der Waals surface area contributed by atoms with E-state index in [1.807, 2.05) is 36.4 Å². The molecule has 158 valence electrons. The maximum absolute atomic E-state index is 12.4. The van der Waals surface area contributed by atoms with Crippen molar-refractivity contribution >= 4 is 22.2 Å². The van der Waals surface area contributed by atoms with E-state index in [9.17, 15) is 4.79 Å². The summed E-state index contributed by atoms with van der Waals surface area (Å²) in [4.78, 5) is 27.0. The van der Waals surface area contributed by atoms with Crippen molar-refractivity contribution in [2.24, 2.45) is 0 Å². The van der Waals surface area contributed by atoms with Crippen LogP contribution in [0.25, 0.3) is 21.5 Å². The molecule has 31 heavy (non-hydrogen) atoms. The zero-order valence-corrected chi connectivity index (χ0v) is 18.1.